The maximum atomic E-state index is 13.6. The summed E-state index contributed by atoms with van der Waals surface area (Å²) in [4.78, 5) is 26.4. The Morgan fingerprint density at radius 2 is 1.89 bits per heavy atom. The number of unbranched alkanes of at least 4 members (excludes halogenated alkanes) is 2. The molecule has 14 atom stereocenters. The molecule has 268 valence electrons. The summed E-state index contributed by atoms with van der Waals surface area (Å²) >= 11 is 0. The fourth-order valence-electron chi connectivity index (χ4n) is 9.49. The third kappa shape index (κ3) is 7.93. The van der Waals surface area contributed by atoms with Gasteiger partial charge in [-0.15, -0.1) is 0 Å². The van der Waals surface area contributed by atoms with E-state index in [1.54, 1.807) is 0 Å². The van der Waals surface area contributed by atoms with E-state index in [0.717, 1.165) is 51.6 Å². The number of epoxide rings is 1. The van der Waals surface area contributed by atoms with Crippen LogP contribution in [0.15, 0.2) is 0 Å². The van der Waals surface area contributed by atoms with Crippen LogP contribution >= 0.6 is 0 Å². The number of nitrogens with two attached hydrogens (primary N) is 1. The molecule has 6 fully saturated rings. The highest BCUT2D eigenvalue weighted by Gasteiger charge is 2.62. The number of carbonyl (C=O) groups is 2. The second-order valence-corrected chi connectivity index (χ2v) is 16.4. The number of aliphatic hydroxyl groups excluding tert-OH is 1. The molecular formula is C36H62N4O7. The maximum absolute atomic E-state index is 13.6. The number of piperidine rings is 2. The highest BCUT2D eigenvalue weighted by molar-refractivity contribution is 5.84. The van der Waals surface area contributed by atoms with Crippen molar-refractivity contribution in [2.45, 2.75) is 178 Å². The van der Waals surface area contributed by atoms with Crippen LogP contribution in [-0.2, 0) is 28.5 Å². The molecule has 5 saturated heterocycles. The van der Waals surface area contributed by atoms with E-state index in [1.807, 2.05) is 27.7 Å². The lowest BCUT2D eigenvalue weighted by atomic mass is 9.67. The molecule has 1 saturated carbocycles. The normalized spacial score (nSPS) is 46.3. The van der Waals surface area contributed by atoms with Gasteiger partial charge in [-0.3, -0.25) is 10.1 Å². The zero-order valence-electron chi connectivity index (χ0n) is 29.4. The number of esters is 1. The molecule has 47 heavy (non-hydrogen) atoms. The molecule has 1 aliphatic carbocycles. The predicted octanol–water partition coefficient (Wildman–Crippen LogP) is 2.91. The molecule has 11 heteroatoms. The second kappa shape index (κ2) is 14.6. The number of aliphatic hydroxyl groups is 1. The van der Waals surface area contributed by atoms with E-state index in [2.05, 4.69) is 22.9 Å². The highest BCUT2D eigenvalue weighted by atomic mass is 16.7. The summed E-state index contributed by atoms with van der Waals surface area (Å²) in [5.74, 6) is -0.0864. The van der Waals surface area contributed by atoms with E-state index >= 15 is 0 Å². The van der Waals surface area contributed by atoms with Crippen molar-refractivity contribution >= 4 is 11.8 Å². The number of nitrogens with one attached hydrogen (secondary N) is 3. The van der Waals surface area contributed by atoms with Gasteiger partial charge in [-0.25, -0.2) is 4.79 Å². The quantitative estimate of drug-likeness (QED) is 0.126. The number of hydrogen-bond donors (Lipinski definition) is 5. The third-order valence-electron chi connectivity index (χ3n) is 12.4. The Hall–Kier alpha value is -1.18. The Morgan fingerprint density at radius 1 is 1.09 bits per heavy atom. The van der Waals surface area contributed by atoms with Gasteiger partial charge in [0.1, 0.15) is 11.9 Å². The minimum Gasteiger partial charge on any atom is -0.457 e. The van der Waals surface area contributed by atoms with Crippen molar-refractivity contribution in [3.05, 3.63) is 0 Å². The summed E-state index contributed by atoms with van der Waals surface area (Å²) in [7, 11) is 0. The number of hydrogen-bond acceptors (Lipinski definition) is 11. The fourth-order valence-corrected chi connectivity index (χ4v) is 9.49. The van der Waals surface area contributed by atoms with E-state index in [1.165, 1.54) is 19.3 Å². The molecule has 0 bridgehead atoms. The Balaban J connectivity index is 0.985. The van der Waals surface area contributed by atoms with Gasteiger partial charge in [0.15, 0.2) is 5.60 Å². The van der Waals surface area contributed by atoms with E-state index < -0.39 is 29.3 Å². The summed E-state index contributed by atoms with van der Waals surface area (Å²) in [6.45, 7) is 11.9. The van der Waals surface area contributed by atoms with Gasteiger partial charge in [0.25, 0.3) is 0 Å². The van der Waals surface area contributed by atoms with Crippen molar-refractivity contribution in [3.63, 3.8) is 0 Å². The lowest BCUT2D eigenvalue weighted by molar-refractivity contribution is -0.257. The van der Waals surface area contributed by atoms with Crippen LogP contribution in [0.4, 0.5) is 0 Å². The summed E-state index contributed by atoms with van der Waals surface area (Å²) in [5, 5.41) is 22.4. The van der Waals surface area contributed by atoms with Crippen LogP contribution in [0, 0.1) is 23.7 Å². The number of Topliss-reactive ketones (excluding diaryl/α,β-unsaturated/α-hetero) is 1. The molecule has 6 rings (SSSR count). The summed E-state index contributed by atoms with van der Waals surface area (Å²) in [6.07, 6.45) is 9.10. The van der Waals surface area contributed by atoms with E-state index in [0.29, 0.717) is 43.3 Å². The zero-order chi connectivity index (χ0) is 33.5. The van der Waals surface area contributed by atoms with Crippen LogP contribution in [0.25, 0.3) is 0 Å². The standard InChI is InChI=1S/C36H62N4O7/c1-6-7-8-12-38-31-17-22(11-13-39-31)24-15-21(16-30(37)40-24)9-10-28-36(5,47-28)34(43)45-29-18-23-26(46-35(29,3)4)19-27-32(33(23)42)25(41)14-20(2)44-27/h20-24,26-33,38-40,42H,6-19,37H2,1-5H3. The molecule has 0 radical (unpaired) electrons. The largest absolute Gasteiger partial charge is 0.457 e. The van der Waals surface area contributed by atoms with E-state index in [4.69, 9.17) is 24.7 Å². The van der Waals surface area contributed by atoms with Gasteiger partial charge in [0.2, 0.25) is 0 Å². The van der Waals surface area contributed by atoms with Crippen molar-refractivity contribution in [3.8, 4) is 0 Å². The molecule has 5 heterocycles. The average Bonchev–Trinajstić information content (AvgIpc) is 3.69. The lowest BCUT2D eigenvalue weighted by Crippen LogP contribution is -2.63. The molecule has 14 unspecified atom stereocenters. The van der Waals surface area contributed by atoms with Crippen molar-refractivity contribution in [1.29, 1.82) is 0 Å². The molecule has 0 aromatic heterocycles. The SMILES string of the molecule is CCCCCNC1CC(C2CC(CCC3OC3(C)C(=O)OC3CC4C(CC5OC(C)CC(=O)C5C4O)OC3(C)C)CC(N)N2)CCN1. The minimum atomic E-state index is -0.980. The van der Waals surface area contributed by atoms with E-state index in [9.17, 15) is 14.7 Å². The van der Waals surface area contributed by atoms with Gasteiger partial charge in [0, 0.05) is 24.8 Å². The molecule has 0 aromatic carbocycles. The van der Waals surface area contributed by atoms with Crippen LogP contribution < -0.4 is 21.7 Å². The Kier molecular flexibility index (Phi) is 11.1. The average molecular weight is 663 g/mol. The first-order valence-corrected chi connectivity index (χ1v) is 18.8. The summed E-state index contributed by atoms with van der Waals surface area (Å²) < 4.78 is 24.7. The van der Waals surface area contributed by atoms with Gasteiger partial charge in [0.05, 0.1) is 54.4 Å². The molecule has 0 spiro atoms. The van der Waals surface area contributed by atoms with Crippen molar-refractivity contribution in [1.82, 2.24) is 16.0 Å². The van der Waals surface area contributed by atoms with Crippen LogP contribution in [0.1, 0.15) is 112 Å². The minimum absolute atomic E-state index is 0.0114. The molecule has 0 amide bonds. The fraction of sp³-hybridized carbons (Fsp3) is 0.944. The van der Waals surface area contributed by atoms with Crippen LogP contribution in [0.2, 0.25) is 0 Å². The third-order valence-corrected chi connectivity index (χ3v) is 12.4. The molecule has 11 nitrogen and oxygen atoms in total. The van der Waals surface area contributed by atoms with Gasteiger partial charge < -0.3 is 40.4 Å². The van der Waals surface area contributed by atoms with E-state index in [-0.39, 0.29) is 48.3 Å². The number of ether oxygens (including phenoxy) is 4. The number of ketones is 1. The maximum Gasteiger partial charge on any atom is 0.341 e. The van der Waals surface area contributed by atoms with Gasteiger partial charge in [-0.05, 0) is 104 Å². The molecular weight excluding hydrogens is 600 g/mol. The first-order chi connectivity index (χ1) is 22.4. The monoisotopic (exact) mass is 662 g/mol. The highest BCUT2D eigenvalue weighted by Crippen LogP contribution is 2.48. The van der Waals surface area contributed by atoms with Crippen molar-refractivity contribution < 1.29 is 33.6 Å². The topological polar surface area (TPSA) is 157 Å². The van der Waals surface area contributed by atoms with Gasteiger partial charge >= 0.3 is 5.97 Å². The van der Waals surface area contributed by atoms with Gasteiger partial charge in [-0.2, -0.15) is 0 Å². The van der Waals surface area contributed by atoms with Crippen molar-refractivity contribution in [2.75, 3.05) is 13.1 Å². The number of fused-ring (bicyclic) bond motifs is 2. The summed E-state index contributed by atoms with van der Waals surface area (Å²) in [5.41, 5.74) is 4.80. The Bertz CT molecular complexity index is 1110. The Labute approximate surface area is 281 Å². The van der Waals surface area contributed by atoms with Crippen LogP contribution in [0.5, 0.6) is 0 Å². The lowest BCUT2D eigenvalue weighted by Gasteiger charge is -2.53. The number of rotatable bonds is 11. The summed E-state index contributed by atoms with van der Waals surface area (Å²) in [6, 6.07) is 0.406. The van der Waals surface area contributed by atoms with Crippen LogP contribution in [0.3, 0.4) is 0 Å². The predicted molar refractivity (Wildman–Crippen MR) is 177 cm³/mol. The number of carbonyl (C=O) groups excluding carboxylic acids is 2. The first-order valence-electron chi connectivity index (χ1n) is 18.8. The van der Waals surface area contributed by atoms with Crippen LogP contribution in [-0.4, -0.2) is 96.1 Å². The molecule has 6 N–H and O–H groups in total. The zero-order valence-corrected chi connectivity index (χ0v) is 29.4. The first kappa shape index (κ1) is 35.6. The Morgan fingerprint density at radius 3 is 2.68 bits per heavy atom. The molecule has 0 aromatic rings. The van der Waals surface area contributed by atoms with Gasteiger partial charge in [-0.1, -0.05) is 19.8 Å². The smallest absolute Gasteiger partial charge is 0.341 e. The second-order valence-electron chi connectivity index (χ2n) is 16.4. The van der Waals surface area contributed by atoms with Crippen molar-refractivity contribution in [2.24, 2.45) is 29.4 Å². The molecule has 5 aliphatic heterocycles. The molecule has 6 aliphatic rings.